The third-order valence-corrected chi connectivity index (χ3v) is 2.23. The van der Waals surface area contributed by atoms with Crippen LogP contribution in [0.15, 0.2) is 24.5 Å². The molecule has 0 fully saturated rings. The molecule has 0 spiro atoms. The summed E-state index contributed by atoms with van der Waals surface area (Å²) in [4.78, 5) is 15.5. The van der Waals surface area contributed by atoms with E-state index in [0.717, 1.165) is 6.42 Å². The Balaban J connectivity index is 2.43. The highest BCUT2D eigenvalue weighted by Crippen LogP contribution is 2.05. The van der Waals surface area contributed by atoms with E-state index in [2.05, 4.69) is 15.6 Å². The zero-order valence-corrected chi connectivity index (χ0v) is 10.2. The Morgan fingerprint density at radius 2 is 2.29 bits per heavy atom. The quantitative estimate of drug-likeness (QED) is 0.728. The number of amides is 2. The van der Waals surface area contributed by atoms with Gasteiger partial charge in [0.15, 0.2) is 0 Å². The molecular weight excluding hydrogens is 218 g/mol. The van der Waals surface area contributed by atoms with Crippen molar-refractivity contribution < 1.29 is 9.90 Å². The number of carbonyl (C=O) groups is 1. The summed E-state index contributed by atoms with van der Waals surface area (Å²) in [6.07, 6.45) is 3.95. The molecule has 0 aliphatic heterocycles. The summed E-state index contributed by atoms with van der Waals surface area (Å²) in [5, 5.41) is 14.5. The fourth-order valence-electron chi connectivity index (χ4n) is 1.54. The van der Waals surface area contributed by atoms with Gasteiger partial charge in [0.05, 0.1) is 24.5 Å². The first-order valence-electron chi connectivity index (χ1n) is 5.70. The van der Waals surface area contributed by atoms with Crippen molar-refractivity contribution in [3.05, 3.63) is 24.5 Å². The molecule has 0 aliphatic rings. The van der Waals surface area contributed by atoms with Crippen molar-refractivity contribution in [2.45, 2.75) is 26.3 Å². The molecule has 2 amide bonds. The second-order valence-electron chi connectivity index (χ2n) is 4.35. The Bertz CT molecular complexity index is 341. The van der Waals surface area contributed by atoms with Crippen LogP contribution in [0, 0.1) is 5.92 Å². The fraction of sp³-hybridized carbons (Fsp3) is 0.500. The number of hydrogen-bond acceptors (Lipinski definition) is 3. The van der Waals surface area contributed by atoms with Crippen molar-refractivity contribution in [3.63, 3.8) is 0 Å². The minimum Gasteiger partial charge on any atom is -0.394 e. The Kier molecular flexibility index (Phi) is 5.42. The maximum Gasteiger partial charge on any atom is 0.319 e. The molecule has 1 rings (SSSR count). The average Bonchev–Trinajstić information content (AvgIpc) is 2.28. The van der Waals surface area contributed by atoms with E-state index in [9.17, 15) is 4.79 Å². The lowest BCUT2D eigenvalue weighted by Crippen LogP contribution is -2.40. The van der Waals surface area contributed by atoms with E-state index in [1.807, 2.05) is 13.8 Å². The Morgan fingerprint density at radius 3 is 2.82 bits per heavy atom. The molecule has 0 unspecified atom stereocenters. The van der Waals surface area contributed by atoms with Gasteiger partial charge >= 0.3 is 6.03 Å². The topological polar surface area (TPSA) is 74.2 Å². The SMILES string of the molecule is CC(C)C[C@H](CO)NC(=O)Nc1cccnc1. The largest absolute Gasteiger partial charge is 0.394 e. The predicted molar refractivity (Wildman–Crippen MR) is 66.7 cm³/mol. The summed E-state index contributed by atoms with van der Waals surface area (Å²) in [6, 6.07) is 2.96. The van der Waals surface area contributed by atoms with Crippen LogP contribution >= 0.6 is 0 Å². The highest BCUT2D eigenvalue weighted by atomic mass is 16.3. The number of rotatable bonds is 5. The second kappa shape index (κ2) is 6.85. The normalized spacial score (nSPS) is 12.2. The smallest absolute Gasteiger partial charge is 0.319 e. The van der Waals surface area contributed by atoms with Gasteiger partial charge in [0, 0.05) is 6.20 Å². The molecule has 5 nitrogen and oxygen atoms in total. The van der Waals surface area contributed by atoms with Gasteiger partial charge in [-0.15, -0.1) is 0 Å². The number of pyridine rings is 1. The average molecular weight is 237 g/mol. The molecule has 94 valence electrons. The van der Waals surface area contributed by atoms with Gasteiger partial charge in [0.2, 0.25) is 0 Å². The third-order valence-electron chi connectivity index (χ3n) is 2.23. The molecule has 0 aliphatic carbocycles. The summed E-state index contributed by atoms with van der Waals surface area (Å²) in [5.41, 5.74) is 0.631. The molecule has 1 aromatic rings. The molecule has 3 N–H and O–H groups in total. The van der Waals surface area contributed by atoms with Gasteiger partial charge < -0.3 is 15.7 Å². The van der Waals surface area contributed by atoms with E-state index >= 15 is 0 Å². The number of hydrogen-bond donors (Lipinski definition) is 3. The lowest BCUT2D eigenvalue weighted by Gasteiger charge is -2.18. The molecule has 0 bridgehead atoms. The van der Waals surface area contributed by atoms with Crippen LogP contribution in [-0.2, 0) is 0 Å². The second-order valence-corrected chi connectivity index (χ2v) is 4.35. The van der Waals surface area contributed by atoms with Crippen LogP contribution in [0.1, 0.15) is 20.3 Å². The number of aliphatic hydroxyl groups is 1. The maximum absolute atomic E-state index is 11.6. The maximum atomic E-state index is 11.6. The van der Waals surface area contributed by atoms with Gasteiger partial charge in [-0.25, -0.2) is 4.79 Å². The number of aromatic nitrogens is 1. The monoisotopic (exact) mass is 237 g/mol. The van der Waals surface area contributed by atoms with Crippen molar-refractivity contribution >= 4 is 11.7 Å². The fourth-order valence-corrected chi connectivity index (χ4v) is 1.54. The summed E-state index contributed by atoms with van der Waals surface area (Å²) in [5.74, 6) is 0.422. The van der Waals surface area contributed by atoms with Gasteiger partial charge in [-0.1, -0.05) is 13.8 Å². The van der Waals surface area contributed by atoms with Crippen molar-refractivity contribution in [3.8, 4) is 0 Å². The van der Waals surface area contributed by atoms with Gasteiger partial charge in [0.1, 0.15) is 0 Å². The minimum absolute atomic E-state index is 0.0569. The zero-order chi connectivity index (χ0) is 12.7. The minimum atomic E-state index is -0.322. The molecule has 0 radical (unpaired) electrons. The summed E-state index contributed by atoms with van der Waals surface area (Å²) in [6.45, 7) is 4.03. The van der Waals surface area contributed by atoms with Crippen molar-refractivity contribution in [2.75, 3.05) is 11.9 Å². The van der Waals surface area contributed by atoms with Crippen LogP contribution in [0.4, 0.5) is 10.5 Å². The summed E-state index contributed by atoms with van der Waals surface area (Å²) in [7, 11) is 0. The lowest BCUT2D eigenvalue weighted by atomic mass is 10.0. The molecule has 0 saturated carbocycles. The summed E-state index contributed by atoms with van der Waals surface area (Å²) < 4.78 is 0. The number of nitrogens with one attached hydrogen (secondary N) is 2. The van der Waals surface area contributed by atoms with Crippen LogP contribution in [0.3, 0.4) is 0 Å². The number of anilines is 1. The molecule has 1 heterocycles. The van der Waals surface area contributed by atoms with E-state index in [1.165, 1.54) is 0 Å². The van der Waals surface area contributed by atoms with Crippen LogP contribution < -0.4 is 10.6 Å². The van der Waals surface area contributed by atoms with E-state index in [0.29, 0.717) is 11.6 Å². The van der Waals surface area contributed by atoms with E-state index in [-0.39, 0.29) is 18.7 Å². The van der Waals surface area contributed by atoms with Gasteiger partial charge in [-0.3, -0.25) is 4.98 Å². The lowest BCUT2D eigenvalue weighted by molar-refractivity contribution is 0.214. The van der Waals surface area contributed by atoms with E-state index in [4.69, 9.17) is 5.11 Å². The Morgan fingerprint density at radius 1 is 1.53 bits per heavy atom. The number of urea groups is 1. The molecule has 1 aromatic heterocycles. The first-order chi connectivity index (χ1) is 8.11. The predicted octanol–water partition coefficient (Wildman–Crippen LogP) is 1.61. The Hall–Kier alpha value is -1.62. The Labute approximate surface area is 101 Å². The number of aliphatic hydroxyl groups excluding tert-OH is 1. The first-order valence-corrected chi connectivity index (χ1v) is 5.70. The van der Waals surface area contributed by atoms with Crippen molar-refractivity contribution in [1.82, 2.24) is 10.3 Å². The molecular formula is C12H19N3O2. The van der Waals surface area contributed by atoms with Crippen LogP contribution in [-0.4, -0.2) is 28.8 Å². The van der Waals surface area contributed by atoms with Crippen LogP contribution in [0.25, 0.3) is 0 Å². The van der Waals surface area contributed by atoms with Crippen molar-refractivity contribution in [2.24, 2.45) is 5.92 Å². The molecule has 5 heteroatoms. The zero-order valence-electron chi connectivity index (χ0n) is 10.2. The molecule has 0 saturated heterocycles. The molecule has 1 atom stereocenters. The van der Waals surface area contributed by atoms with E-state index < -0.39 is 0 Å². The molecule has 17 heavy (non-hydrogen) atoms. The highest BCUT2D eigenvalue weighted by Gasteiger charge is 2.12. The molecule has 0 aromatic carbocycles. The van der Waals surface area contributed by atoms with Gasteiger partial charge in [0.25, 0.3) is 0 Å². The van der Waals surface area contributed by atoms with Crippen LogP contribution in [0.2, 0.25) is 0 Å². The van der Waals surface area contributed by atoms with Gasteiger partial charge in [-0.2, -0.15) is 0 Å². The summed E-state index contributed by atoms with van der Waals surface area (Å²) >= 11 is 0. The van der Waals surface area contributed by atoms with E-state index in [1.54, 1.807) is 24.5 Å². The van der Waals surface area contributed by atoms with Crippen LogP contribution in [0.5, 0.6) is 0 Å². The number of carbonyl (C=O) groups excluding carboxylic acids is 1. The third kappa shape index (κ3) is 5.31. The van der Waals surface area contributed by atoms with Crippen molar-refractivity contribution in [1.29, 1.82) is 0 Å². The van der Waals surface area contributed by atoms with Gasteiger partial charge in [-0.05, 0) is 24.5 Å². The standard InChI is InChI=1S/C12H19N3O2/c1-9(2)6-11(8-16)15-12(17)14-10-4-3-5-13-7-10/h3-5,7,9,11,16H,6,8H2,1-2H3,(H2,14,15,17)/t11-/m1/s1. The highest BCUT2D eigenvalue weighted by molar-refractivity contribution is 5.89. The number of nitrogens with zero attached hydrogens (tertiary/aromatic N) is 1. The first kappa shape index (κ1) is 13.4.